The van der Waals surface area contributed by atoms with Crippen molar-refractivity contribution >= 4 is 23.0 Å². The van der Waals surface area contributed by atoms with Gasteiger partial charge in [0.15, 0.2) is 0 Å². The highest BCUT2D eigenvalue weighted by Gasteiger charge is 2.17. The summed E-state index contributed by atoms with van der Waals surface area (Å²) in [6.45, 7) is -0.118. The normalized spacial score (nSPS) is 10.1. The van der Waals surface area contributed by atoms with Gasteiger partial charge in [-0.25, -0.2) is 0 Å². The highest BCUT2D eigenvalue weighted by molar-refractivity contribution is 5.95. The number of aliphatic hydroxyl groups is 1. The molecule has 2 rings (SSSR count). The maximum absolute atomic E-state index is 11.6. The van der Waals surface area contributed by atoms with Crippen LogP contribution in [0, 0.1) is 10.1 Å². The summed E-state index contributed by atoms with van der Waals surface area (Å²) in [4.78, 5) is 22.2. The number of aliphatic hydroxyl groups excluding tert-OH is 1. The topological polar surface area (TPSA) is 104 Å². The van der Waals surface area contributed by atoms with Gasteiger partial charge < -0.3 is 15.7 Å². The van der Waals surface area contributed by atoms with Crippen molar-refractivity contribution < 1.29 is 14.8 Å². The van der Waals surface area contributed by atoms with Gasteiger partial charge in [0.25, 0.3) is 11.6 Å². The van der Waals surface area contributed by atoms with Gasteiger partial charge in [-0.15, -0.1) is 0 Å². The second kappa shape index (κ2) is 6.68. The average molecular weight is 301 g/mol. The van der Waals surface area contributed by atoms with Gasteiger partial charge in [-0.3, -0.25) is 14.9 Å². The van der Waals surface area contributed by atoms with Crippen LogP contribution in [0.25, 0.3) is 0 Å². The van der Waals surface area contributed by atoms with Crippen LogP contribution in [0.15, 0.2) is 42.5 Å². The second-order valence-corrected chi connectivity index (χ2v) is 4.55. The van der Waals surface area contributed by atoms with Gasteiger partial charge in [-0.1, -0.05) is 12.1 Å². The molecular weight excluding hydrogens is 286 g/mol. The third-order valence-corrected chi connectivity index (χ3v) is 3.07. The Kier molecular flexibility index (Phi) is 4.70. The summed E-state index contributed by atoms with van der Waals surface area (Å²) in [6, 6.07) is 11.1. The average Bonchev–Trinajstić information content (AvgIpc) is 2.54. The van der Waals surface area contributed by atoms with Crippen molar-refractivity contribution in [2.45, 2.75) is 6.61 Å². The number of nitrogens with zero attached hydrogens (tertiary/aromatic N) is 1. The zero-order valence-electron chi connectivity index (χ0n) is 11.9. The van der Waals surface area contributed by atoms with Crippen LogP contribution < -0.4 is 10.6 Å². The van der Waals surface area contributed by atoms with E-state index in [4.69, 9.17) is 5.11 Å². The fourth-order valence-electron chi connectivity index (χ4n) is 1.98. The molecule has 2 aromatic rings. The van der Waals surface area contributed by atoms with E-state index in [9.17, 15) is 14.9 Å². The molecule has 0 aliphatic carbocycles. The van der Waals surface area contributed by atoms with Crippen molar-refractivity contribution in [3.8, 4) is 0 Å². The zero-order chi connectivity index (χ0) is 16.1. The summed E-state index contributed by atoms with van der Waals surface area (Å²) in [5.41, 5.74) is 1.59. The first-order valence-corrected chi connectivity index (χ1v) is 6.52. The molecule has 2 aromatic carbocycles. The lowest BCUT2D eigenvalue weighted by atomic mass is 10.1. The minimum Gasteiger partial charge on any atom is -0.392 e. The maximum atomic E-state index is 11.6. The van der Waals surface area contributed by atoms with Gasteiger partial charge in [0, 0.05) is 24.4 Å². The molecule has 0 saturated heterocycles. The Balaban J connectivity index is 2.37. The quantitative estimate of drug-likeness (QED) is 0.580. The third kappa shape index (κ3) is 3.39. The Labute approximate surface area is 126 Å². The number of nitro groups is 1. The van der Waals surface area contributed by atoms with E-state index in [1.807, 2.05) is 0 Å². The summed E-state index contributed by atoms with van der Waals surface area (Å²) >= 11 is 0. The lowest BCUT2D eigenvalue weighted by molar-refractivity contribution is -0.383. The first-order valence-electron chi connectivity index (χ1n) is 6.52. The lowest BCUT2D eigenvalue weighted by Gasteiger charge is -2.09. The SMILES string of the molecule is CNC(=O)c1ccc(Nc2cccc(CO)c2)c([N+](=O)[O-])c1. The molecule has 0 spiro atoms. The number of hydrogen-bond acceptors (Lipinski definition) is 5. The summed E-state index contributed by atoms with van der Waals surface area (Å²) in [7, 11) is 1.46. The van der Waals surface area contributed by atoms with Crippen molar-refractivity contribution in [2.24, 2.45) is 0 Å². The second-order valence-electron chi connectivity index (χ2n) is 4.55. The number of carbonyl (C=O) groups is 1. The van der Waals surface area contributed by atoms with Crippen LogP contribution in [0.2, 0.25) is 0 Å². The molecule has 0 atom stereocenters. The largest absolute Gasteiger partial charge is 0.392 e. The number of benzene rings is 2. The molecule has 1 amide bonds. The van der Waals surface area contributed by atoms with Crippen LogP contribution in [0.3, 0.4) is 0 Å². The van der Waals surface area contributed by atoms with E-state index >= 15 is 0 Å². The Hall–Kier alpha value is -2.93. The van der Waals surface area contributed by atoms with Gasteiger partial charge in [-0.05, 0) is 29.8 Å². The molecule has 7 nitrogen and oxygen atoms in total. The van der Waals surface area contributed by atoms with Crippen LogP contribution >= 0.6 is 0 Å². The molecule has 3 N–H and O–H groups in total. The van der Waals surface area contributed by atoms with Crippen molar-refractivity contribution in [1.82, 2.24) is 5.32 Å². The predicted octanol–water partition coefficient (Wildman–Crippen LogP) is 2.19. The molecule has 0 unspecified atom stereocenters. The first-order chi connectivity index (χ1) is 10.5. The smallest absolute Gasteiger partial charge is 0.293 e. The number of nitrogens with one attached hydrogen (secondary N) is 2. The fraction of sp³-hybridized carbons (Fsp3) is 0.133. The first kappa shape index (κ1) is 15.5. The van der Waals surface area contributed by atoms with E-state index in [0.717, 1.165) is 0 Å². The van der Waals surface area contributed by atoms with E-state index in [-0.39, 0.29) is 23.5 Å². The predicted molar refractivity (Wildman–Crippen MR) is 82.1 cm³/mol. The Morgan fingerprint density at radius 3 is 2.68 bits per heavy atom. The van der Waals surface area contributed by atoms with Crippen LogP contribution in [0.1, 0.15) is 15.9 Å². The van der Waals surface area contributed by atoms with E-state index in [2.05, 4.69) is 10.6 Å². The van der Waals surface area contributed by atoms with E-state index < -0.39 is 10.8 Å². The molecule has 0 heterocycles. The summed E-state index contributed by atoms with van der Waals surface area (Å²) in [6.07, 6.45) is 0. The molecule has 0 aliphatic heterocycles. The molecule has 0 fully saturated rings. The van der Waals surface area contributed by atoms with Gasteiger partial charge in [-0.2, -0.15) is 0 Å². The molecular formula is C15H15N3O4. The van der Waals surface area contributed by atoms with Crippen LogP contribution in [0.4, 0.5) is 17.1 Å². The minimum atomic E-state index is -0.551. The molecule has 0 aliphatic rings. The van der Waals surface area contributed by atoms with Gasteiger partial charge in [0.2, 0.25) is 0 Å². The van der Waals surface area contributed by atoms with Crippen LogP contribution in [-0.2, 0) is 6.61 Å². The Morgan fingerprint density at radius 1 is 1.27 bits per heavy atom. The lowest BCUT2D eigenvalue weighted by Crippen LogP contribution is -2.17. The standard InChI is InChI=1S/C15H15N3O4/c1-16-15(20)11-5-6-13(14(8-11)18(21)22)17-12-4-2-3-10(7-12)9-19/h2-8,17,19H,9H2,1H3,(H,16,20). The van der Waals surface area contributed by atoms with Crippen LogP contribution in [-0.4, -0.2) is 23.0 Å². The zero-order valence-corrected chi connectivity index (χ0v) is 11.9. The minimum absolute atomic E-state index is 0.118. The van der Waals surface area contributed by atoms with Crippen LogP contribution in [0.5, 0.6) is 0 Å². The molecule has 0 aromatic heterocycles. The number of rotatable bonds is 5. The Bertz CT molecular complexity index is 716. The monoisotopic (exact) mass is 301 g/mol. The van der Waals surface area contributed by atoms with Crippen molar-refractivity contribution in [1.29, 1.82) is 0 Å². The number of carbonyl (C=O) groups excluding carboxylic acids is 1. The van der Waals surface area contributed by atoms with E-state index in [0.29, 0.717) is 11.3 Å². The summed E-state index contributed by atoms with van der Waals surface area (Å²) < 4.78 is 0. The molecule has 114 valence electrons. The Morgan fingerprint density at radius 2 is 2.05 bits per heavy atom. The molecule has 7 heteroatoms. The highest BCUT2D eigenvalue weighted by atomic mass is 16.6. The number of anilines is 2. The van der Waals surface area contributed by atoms with Crippen molar-refractivity contribution in [3.63, 3.8) is 0 Å². The van der Waals surface area contributed by atoms with Gasteiger partial charge in [0.05, 0.1) is 11.5 Å². The molecule has 22 heavy (non-hydrogen) atoms. The maximum Gasteiger partial charge on any atom is 0.293 e. The van der Waals surface area contributed by atoms with Crippen molar-refractivity contribution in [2.75, 3.05) is 12.4 Å². The summed E-state index contributed by atoms with van der Waals surface area (Å²) in [5, 5.41) is 25.7. The third-order valence-electron chi connectivity index (χ3n) is 3.07. The van der Waals surface area contributed by atoms with Gasteiger partial charge in [0.1, 0.15) is 5.69 Å². The fourth-order valence-corrected chi connectivity index (χ4v) is 1.98. The molecule has 0 bridgehead atoms. The van der Waals surface area contributed by atoms with Gasteiger partial charge >= 0.3 is 0 Å². The van der Waals surface area contributed by atoms with E-state index in [1.54, 1.807) is 24.3 Å². The molecule has 0 saturated carbocycles. The summed E-state index contributed by atoms with van der Waals surface area (Å²) in [5.74, 6) is -0.392. The number of hydrogen-bond donors (Lipinski definition) is 3. The van der Waals surface area contributed by atoms with E-state index in [1.165, 1.54) is 25.2 Å². The van der Waals surface area contributed by atoms with Crippen molar-refractivity contribution in [3.05, 3.63) is 63.7 Å². The highest BCUT2D eigenvalue weighted by Crippen LogP contribution is 2.29. The number of amides is 1. The molecule has 0 radical (unpaired) electrons. The number of nitro benzene ring substituents is 1.